The van der Waals surface area contributed by atoms with E-state index in [-0.39, 0.29) is 0 Å². The summed E-state index contributed by atoms with van der Waals surface area (Å²) in [6, 6.07) is 16.8. The maximum atomic E-state index is 4.57. The minimum Gasteiger partial charge on any atom is -0.297 e. The van der Waals surface area contributed by atoms with E-state index < -0.39 is 0 Å². The van der Waals surface area contributed by atoms with E-state index in [1.165, 1.54) is 17.7 Å². The molecular weight excluding hydrogens is 244 g/mol. The first kappa shape index (κ1) is 14.3. The van der Waals surface area contributed by atoms with E-state index in [0.717, 1.165) is 16.9 Å². The van der Waals surface area contributed by atoms with Crippen LogP contribution in [-0.4, -0.2) is 9.55 Å². The van der Waals surface area contributed by atoms with Crippen molar-refractivity contribution in [2.75, 3.05) is 0 Å². The Labute approximate surface area is 121 Å². The topological polar surface area (TPSA) is 17.8 Å². The Hall–Kier alpha value is -2.09. The number of benzene rings is 2. The summed E-state index contributed by atoms with van der Waals surface area (Å²) in [6.07, 6.45) is 1.25. The van der Waals surface area contributed by atoms with Gasteiger partial charge < -0.3 is 0 Å². The lowest BCUT2D eigenvalue weighted by Gasteiger charge is -2.06. The Bertz CT molecular complexity index is 678. The lowest BCUT2D eigenvalue weighted by molar-refractivity contribution is 1.000. The standard InChI is InChI=1S/C15H14N2.C3H8/c1-11-7-9-13(10-8-11)17-12(2)16-14-5-3-4-6-15(14)17;1-3-2/h3-10H,1-2H3;3H2,1-2H3. The van der Waals surface area contributed by atoms with E-state index >= 15 is 0 Å². The molecule has 0 aliphatic rings. The fourth-order valence-corrected chi connectivity index (χ4v) is 2.17. The van der Waals surface area contributed by atoms with Crippen LogP contribution in [0.1, 0.15) is 31.7 Å². The van der Waals surface area contributed by atoms with Crippen LogP contribution < -0.4 is 0 Å². The Morgan fingerprint density at radius 2 is 1.50 bits per heavy atom. The number of hydrogen-bond acceptors (Lipinski definition) is 1. The van der Waals surface area contributed by atoms with Gasteiger partial charge in [-0.2, -0.15) is 0 Å². The molecule has 2 aromatic carbocycles. The van der Waals surface area contributed by atoms with Gasteiger partial charge in [0.25, 0.3) is 0 Å². The first-order valence-corrected chi connectivity index (χ1v) is 7.18. The summed E-state index contributed by atoms with van der Waals surface area (Å²) in [5.41, 5.74) is 4.65. The summed E-state index contributed by atoms with van der Waals surface area (Å²) in [7, 11) is 0. The summed E-state index contributed by atoms with van der Waals surface area (Å²) >= 11 is 0. The van der Waals surface area contributed by atoms with Gasteiger partial charge in [-0.25, -0.2) is 4.98 Å². The summed E-state index contributed by atoms with van der Waals surface area (Å²) in [5.74, 6) is 1.02. The van der Waals surface area contributed by atoms with E-state index in [1.54, 1.807) is 0 Å². The number of fused-ring (bicyclic) bond motifs is 1. The SMILES string of the molecule is CCC.Cc1ccc(-n2c(C)nc3ccccc32)cc1. The molecule has 0 N–H and O–H groups in total. The van der Waals surface area contributed by atoms with Crippen molar-refractivity contribution in [2.45, 2.75) is 34.1 Å². The molecule has 1 aromatic heterocycles. The van der Waals surface area contributed by atoms with Crippen LogP contribution in [-0.2, 0) is 0 Å². The molecule has 0 spiro atoms. The highest BCUT2D eigenvalue weighted by atomic mass is 15.1. The smallest absolute Gasteiger partial charge is 0.111 e. The van der Waals surface area contributed by atoms with Gasteiger partial charge in [0.15, 0.2) is 0 Å². The Balaban J connectivity index is 0.000000452. The summed E-state index contributed by atoms with van der Waals surface area (Å²) < 4.78 is 2.19. The number of imidazole rings is 1. The molecule has 2 nitrogen and oxygen atoms in total. The minimum atomic E-state index is 1.02. The molecule has 1 heterocycles. The molecule has 20 heavy (non-hydrogen) atoms. The van der Waals surface area contributed by atoms with Crippen LogP contribution in [0.25, 0.3) is 16.7 Å². The van der Waals surface area contributed by atoms with Gasteiger partial charge >= 0.3 is 0 Å². The molecule has 0 fully saturated rings. The molecular formula is C18H22N2. The molecule has 0 amide bonds. The van der Waals surface area contributed by atoms with Crippen molar-refractivity contribution < 1.29 is 0 Å². The van der Waals surface area contributed by atoms with Gasteiger partial charge in [-0.3, -0.25) is 4.57 Å². The fraction of sp³-hybridized carbons (Fsp3) is 0.278. The highest BCUT2D eigenvalue weighted by Crippen LogP contribution is 2.21. The van der Waals surface area contributed by atoms with Crippen molar-refractivity contribution in [3.8, 4) is 5.69 Å². The molecule has 3 aromatic rings. The van der Waals surface area contributed by atoms with Crippen LogP contribution in [0.15, 0.2) is 48.5 Å². The fourth-order valence-electron chi connectivity index (χ4n) is 2.17. The van der Waals surface area contributed by atoms with Crippen LogP contribution in [0.4, 0.5) is 0 Å². The Morgan fingerprint density at radius 1 is 0.900 bits per heavy atom. The first-order chi connectivity index (χ1) is 9.67. The average molecular weight is 266 g/mol. The maximum absolute atomic E-state index is 4.57. The van der Waals surface area contributed by atoms with Crippen molar-refractivity contribution in [1.82, 2.24) is 9.55 Å². The van der Waals surface area contributed by atoms with Gasteiger partial charge in [0.2, 0.25) is 0 Å². The Kier molecular flexibility index (Phi) is 4.57. The average Bonchev–Trinajstić information content (AvgIpc) is 2.77. The normalized spacial score (nSPS) is 10.2. The molecule has 104 valence electrons. The zero-order valence-corrected chi connectivity index (χ0v) is 12.7. The second-order valence-electron chi connectivity index (χ2n) is 5.03. The van der Waals surface area contributed by atoms with Crippen LogP contribution in [0.5, 0.6) is 0 Å². The van der Waals surface area contributed by atoms with Gasteiger partial charge in [-0.05, 0) is 38.1 Å². The summed E-state index contributed by atoms with van der Waals surface area (Å²) in [4.78, 5) is 4.57. The van der Waals surface area contributed by atoms with Crippen molar-refractivity contribution in [1.29, 1.82) is 0 Å². The maximum Gasteiger partial charge on any atom is 0.111 e. The molecule has 0 aliphatic carbocycles. The highest BCUT2D eigenvalue weighted by Gasteiger charge is 2.07. The lowest BCUT2D eigenvalue weighted by Crippen LogP contribution is -1.96. The van der Waals surface area contributed by atoms with E-state index in [0.29, 0.717) is 0 Å². The predicted octanol–water partition coefficient (Wildman–Crippen LogP) is 5.06. The quantitative estimate of drug-likeness (QED) is 0.602. The number of nitrogens with zero attached hydrogens (tertiary/aromatic N) is 2. The number of para-hydroxylation sites is 2. The Morgan fingerprint density at radius 3 is 2.15 bits per heavy atom. The molecule has 0 bridgehead atoms. The zero-order chi connectivity index (χ0) is 14.5. The molecule has 0 aliphatic heterocycles. The third-order valence-electron chi connectivity index (χ3n) is 3.02. The second-order valence-corrected chi connectivity index (χ2v) is 5.03. The third-order valence-corrected chi connectivity index (χ3v) is 3.02. The van der Waals surface area contributed by atoms with Gasteiger partial charge in [0, 0.05) is 5.69 Å². The van der Waals surface area contributed by atoms with Crippen molar-refractivity contribution in [3.63, 3.8) is 0 Å². The molecule has 0 saturated carbocycles. The molecule has 0 atom stereocenters. The summed E-state index contributed by atoms with van der Waals surface area (Å²) in [5, 5.41) is 0. The van der Waals surface area contributed by atoms with E-state index in [2.05, 4.69) is 60.7 Å². The lowest BCUT2D eigenvalue weighted by atomic mass is 10.2. The van der Waals surface area contributed by atoms with E-state index in [9.17, 15) is 0 Å². The monoisotopic (exact) mass is 266 g/mol. The first-order valence-electron chi connectivity index (χ1n) is 7.18. The molecule has 3 rings (SSSR count). The predicted molar refractivity (Wildman–Crippen MR) is 86.5 cm³/mol. The van der Waals surface area contributed by atoms with Crippen molar-refractivity contribution in [3.05, 3.63) is 59.9 Å². The highest BCUT2D eigenvalue weighted by molar-refractivity contribution is 5.78. The molecule has 0 radical (unpaired) electrons. The molecule has 0 saturated heterocycles. The second kappa shape index (κ2) is 6.38. The number of aryl methyl sites for hydroxylation is 2. The largest absolute Gasteiger partial charge is 0.297 e. The van der Waals surface area contributed by atoms with Crippen LogP contribution in [0.3, 0.4) is 0 Å². The van der Waals surface area contributed by atoms with E-state index in [1.807, 2.05) is 25.1 Å². The van der Waals surface area contributed by atoms with Crippen LogP contribution in [0.2, 0.25) is 0 Å². The van der Waals surface area contributed by atoms with Crippen molar-refractivity contribution >= 4 is 11.0 Å². The summed E-state index contributed by atoms with van der Waals surface area (Å²) in [6.45, 7) is 8.39. The van der Waals surface area contributed by atoms with Gasteiger partial charge in [0.05, 0.1) is 11.0 Å². The number of aromatic nitrogens is 2. The molecule has 2 heteroatoms. The van der Waals surface area contributed by atoms with Gasteiger partial charge in [0.1, 0.15) is 5.82 Å². The third kappa shape index (κ3) is 2.90. The van der Waals surface area contributed by atoms with Crippen molar-refractivity contribution in [2.24, 2.45) is 0 Å². The minimum absolute atomic E-state index is 1.02. The van der Waals surface area contributed by atoms with Gasteiger partial charge in [-0.15, -0.1) is 0 Å². The number of rotatable bonds is 1. The van der Waals surface area contributed by atoms with Crippen LogP contribution >= 0.6 is 0 Å². The molecule has 0 unspecified atom stereocenters. The zero-order valence-electron chi connectivity index (χ0n) is 12.7. The van der Waals surface area contributed by atoms with Gasteiger partial charge in [-0.1, -0.05) is 50.1 Å². The number of hydrogen-bond donors (Lipinski definition) is 0. The van der Waals surface area contributed by atoms with Crippen LogP contribution in [0, 0.1) is 13.8 Å². The van der Waals surface area contributed by atoms with E-state index in [4.69, 9.17) is 0 Å².